The van der Waals surface area contributed by atoms with Crippen molar-refractivity contribution in [1.82, 2.24) is 4.98 Å². The van der Waals surface area contributed by atoms with Crippen LogP contribution in [0.3, 0.4) is 0 Å². The fourth-order valence-electron chi connectivity index (χ4n) is 2.35. The van der Waals surface area contributed by atoms with Gasteiger partial charge < -0.3 is 9.84 Å². The maximum absolute atomic E-state index is 10.9. The maximum atomic E-state index is 10.9. The number of ether oxygens (including phenoxy) is 1. The van der Waals surface area contributed by atoms with Gasteiger partial charge in [0.25, 0.3) is 5.69 Å². The SMILES string of the molecule is O=C(O)c1ccc(COc2ccc(/C=N/Nc3ccc([N+](=O)[O-])cn3)cc2Br)cc1. The van der Waals surface area contributed by atoms with E-state index in [-0.39, 0.29) is 11.3 Å². The highest BCUT2D eigenvalue weighted by molar-refractivity contribution is 9.10. The lowest BCUT2D eigenvalue weighted by atomic mass is 10.1. The predicted molar refractivity (Wildman–Crippen MR) is 114 cm³/mol. The van der Waals surface area contributed by atoms with Gasteiger partial charge in [-0.15, -0.1) is 0 Å². The highest BCUT2D eigenvalue weighted by atomic mass is 79.9. The van der Waals surface area contributed by atoms with E-state index >= 15 is 0 Å². The normalized spacial score (nSPS) is 10.7. The van der Waals surface area contributed by atoms with Gasteiger partial charge in [0, 0.05) is 6.07 Å². The van der Waals surface area contributed by atoms with E-state index in [1.54, 1.807) is 24.4 Å². The number of nitro groups is 1. The summed E-state index contributed by atoms with van der Waals surface area (Å²) < 4.78 is 6.49. The highest BCUT2D eigenvalue weighted by Crippen LogP contribution is 2.26. The molecule has 1 heterocycles. The van der Waals surface area contributed by atoms with Crippen molar-refractivity contribution in [2.75, 3.05) is 5.43 Å². The van der Waals surface area contributed by atoms with E-state index in [4.69, 9.17) is 9.84 Å². The number of pyridine rings is 1. The van der Waals surface area contributed by atoms with Gasteiger partial charge in [-0.3, -0.25) is 15.5 Å². The average molecular weight is 471 g/mol. The van der Waals surface area contributed by atoms with Crippen LogP contribution < -0.4 is 10.2 Å². The molecule has 0 aliphatic heterocycles. The second-order valence-electron chi connectivity index (χ2n) is 6.01. The average Bonchev–Trinajstić information content (AvgIpc) is 2.74. The molecule has 1 aromatic heterocycles. The van der Waals surface area contributed by atoms with Gasteiger partial charge in [0.2, 0.25) is 0 Å². The summed E-state index contributed by atoms with van der Waals surface area (Å²) in [5, 5.41) is 23.6. The molecule has 152 valence electrons. The first-order valence-corrected chi connectivity index (χ1v) is 9.36. The first-order valence-electron chi connectivity index (χ1n) is 8.56. The number of halogens is 1. The third kappa shape index (κ3) is 5.61. The fraction of sp³-hybridized carbons (Fsp3) is 0.0500. The standard InChI is InChI=1S/C20H15BrN4O5/c21-17-9-14(10-23-24-19-8-6-16(11-22-19)25(28)29)3-7-18(17)30-12-13-1-4-15(5-2-13)20(26)27/h1-11H,12H2,(H,22,24)(H,26,27)/b23-10+. The third-order valence-corrected chi connectivity index (χ3v) is 4.52. The molecule has 3 rings (SSSR count). The Labute approximate surface area is 179 Å². The maximum Gasteiger partial charge on any atom is 0.335 e. The molecule has 9 nitrogen and oxygen atoms in total. The molecule has 0 aliphatic carbocycles. The topological polar surface area (TPSA) is 127 Å². The second-order valence-corrected chi connectivity index (χ2v) is 6.86. The molecule has 0 atom stereocenters. The van der Waals surface area contributed by atoms with E-state index in [9.17, 15) is 14.9 Å². The Morgan fingerprint density at radius 2 is 2.00 bits per heavy atom. The van der Waals surface area contributed by atoms with Crippen LogP contribution in [0, 0.1) is 10.1 Å². The molecule has 0 bridgehead atoms. The van der Waals surface area contributed by atoms with Crippen molar-refractivity contribution in [3.8, 4) is 5.75 Å². The lowest BCUT2D eigenvalue weighted by Gasteiger charge is -2.09. The lowest BCUT2D eigenvalue weighted by Crippen LogP contribution is -1.99. The summed E-state index contributed by atoms with van der Waals surface area (Å²) in [6.07, 6.45) is 2.72. The van der Waals surface area contributed by atoms with Gasteiger partial charge in [-0.1, -0.05) is 12.1 Å². The van der Waals surface area contributed by atoms with E-state index in [0.717, 1.165) is 21.8 Å². The molecule has 3 aromatic rings. The molecule has 0 amide bonds. The number of nitrogens with one attached hydrogen (secondary N) is 1. The Kier molecular flexibility index (Phi) is 6.71. The van der Waals surface area contributed by atoms with Crippen LogP contribution in [0.4, 0.5) is 11.5 Å². The minimum atomic E-state index is -0.971. The van der Waals surface area contributed by atoms with Gasteiger partial charge in [-0.05, 0) is 63.5 Å². The van der Waals surface area contributed by atoms with E-state index < -0.39 is 10.9 Å². The van der Waals surface area contributed by atoms with Crippen molar-refractivity contribution in [2.24, 2.45) is 5.10 Å². The van der Waals surface area contributed by atoms with Crippen LogP contribution >= 0.6 is 15.9 Å². The Bertz CT molecular complexity index is 1090. The molecule has 2 aromatic carbocycles. The zero-order valence-corrected chi connectivity index (χ0v) is 16.9. The molecule has 0 radical (unpaired) electrons. The lowest BCUT2D eigenvalue weighted by molar-refractivity contribution is -0.385. The molecule has 0 unspecified atom stereocenters. The number of hydrogen-bond donors (Lipinski definition) is 2. The molecule has 0 saturated heterocycles. The van der Waals surface area contributed by atoms with Crippen LogP contribution in [0.15, 0.2) is 70.4 Å². The number of aromatic carboxylic acids is 1. The quantitative estimate of drug-likeness (QED) is 0.282. The first-order chi connectivity index (χ1) is 14.4. The number of carbonyl (C=O) groups is 1. The Morgan fingerprint density at radius 3 is 2.60 bits per heavy atom. The molecule has 30 heavy (non-hydrogen) atoms. The van der Waals surface area contributed by atoms with Crippen molar-refractivity contribution in [3.63, 3.8) is 0 Å². The van der Waals surface area contributed by atoms with Crippen molar-refractivity contribution in [3.05, 3.63) is 92.1 Å². The van der Waals surface area contributed by atoms with Crippen LogP contribution in [0.5, 0.6) is 5.75 Å². The van der Waals surface area contributed by atoms with Gasteiger partial charge >= 0.3 is 5.97 Å². The summed E-state index contributed by atoms with van der Waals surface area (Å²) in [5.41, 5.74) is 4.46. The summed E-state index contributed by atoms with van der Waals surface area (Å²) in [6.45, 7) is 0.291. The Morgan fingerprint density at radius 1 is 1.23 bits per heavy atom. The number of anilines is 1. The highest BCUT2D eigenvalue weighted by Gasteiger charge is 2.06. The van der Waals surface area contributed by atoms with Crippen molar-refractivity contribution >= 4 is 39.6 Å². The number of hydrogen-bond acceptors (Lipinski definition) is 7. The molecule has 0 saturated carbocycles. The first kappa shape index (κ1) is 20.9. The zero-order chi connectivity index (χ0) is 21.5. The van der Waals surface area contributed by atoms with Crippen molar-refractivity contribution in [1.29, 1.82) is 0 Å². The van der Waals surface area contributed by atoms with Crippen LogP contribution in [-0.2, 0) is 6.61 Å². The Hall–Kier alpha value is -3.79. The van der Waals surface area contributed by atoms with E-state index in [1.165, 1.54) is 24.3 Å². The van der Waals surface area contributed by atoms with Gasteiger partial charge in [0.1, 0.15) is 24.4 Å². The number of aromatic nitrogens is 1. The minimum absolute atomic E-state index is 0.0955. The number of rotatable bonds is 8. The van der Waals surface area contributed by atoms with Gasteiger partial charge in [0.05, 0.1) is 21.2 Å². The molecule has 10 heteroatoms. The number of nitrogens with zero attached hydrogens (tertiary/aromatic N) is 3. The van der Waals surface area contributed by atoms with Crippen molar-refractivity contribution < 1.29 is 19.6 Å². The predicted octanol–water partition coefficient (Wildman–Crippen LogP) is 4.48. The second kappa shape index (κ2) is 9.61. The van der Waals surface area contributed by atoms with E-state index in [0.29, 0.717) is 18.2 Å². The van der Waals surface area contributed by atoms with Crippen LogP contribution in [0.2, 0.25) is 0 Å². The molecular weight excluding hydrogens is 456 g/mol. The summed E-state index contributed by atoms with van der Waals surface area (Å²) in [4.78, 5) is 24.9. The third-order valence-electron chi connectivity index (χ3n) is 3.90. The number of hydrazone groups is 1. The summed E-state index contributed by atoms with van der Waals surface area (Å²) in [7, 11) is 0. The van der Waals surface area contributed by atoms with E-state index in [2.05, 4.69) is 31.4 Å². The fourth-order valence-corrected chi connectivity index (χ4v) is 2.86. The summed E-state index contributed by atoms with van der Waals surface area (Å²) in [5.74, 6) is 0.0329. The van der Waals surface area contributed by atoms with Gasteiger partial charge in [-0.2, -0.15) is 5.10 Å². The van der Waals surface area contributed by atoms with E-state index in [1.807, 2.05) is 12.1 Å². The number of carboxylic acids is 1. The smallest absolute Gasteiger partial charge is 0.335 e. The van der Waals surface area contributed by atoms with Gasteiger partial charge in [-0.25, -0.2) is 9.78 Å². The number of carboxylic acid groups (broad SMARTS) is 1. The largest absolute Gasteiger partial charge is 0.488 e. The Balaban J connectivity index is 1.57. The summed E-state index contributed by atoms with van der Waals surface area (Å²) >= 11 is 3.45. The molecule has 0 spiro atoms. The van der Waals surface area contributed by atoms with Crippen LogP contribution in [0.1, 0.15) is 21.5 Å². The summed E-state index contributed by atoms with van der Waals surface area (Å²) in [6, 6.07) is 14.7. The monoisotopic (exact) mass is 470 g/mol. The van der Waals surface area contributed by atoms with Crippen LogP contribution in [-0.4, -0.2) is 27.2 Å². The van der Waals surface area contributed by atoms with Crippen molar-refractivity contribution in [2.45, 2.75) is 6.61 Å². The minimum Gasteiger partial charge on any atom is -0.488 e. The molecule has 0 fully saturated rings. The zero-order valence-electron chi connectivity index (χ0n) is 15.4. The number of benzene rings is 2. The van der Waals surface area contributed by atoms with Gasteiger partial charge in [0.15, 0.2) is 0 Å². The molecule has 0 aliphatic rings. The van der Waals surface area contributed by atoms with Crippen LogP contribution in [0.25, 0.3) is 0 Å². The molecule has 2 N–H and O–H groups in total. The molecular formula is C20H15BrN4O5.